The number of halogens is 2. The number of anilines is 2. The number of para-hydroxylation sites is 1. The first kappa shape index (κ1) is 16.1. The van der Waals surface area contributed by atoms with Gasteiger partial charge in [0.15, 0.2) is 5.69 Å². The summed E-state index contributed by atoms with van der Waals surface area (Å²) in [6.07, 6.45) is 3.01. The topological polar surface area (TPSA) is 106 Å². The van der Waals surface area contributed by atoms with Crippen LogP contribution in [0.3, 0.4) is 0 Å². The maximum Gasteiger partial charge on any atom is 0.271 e. The molecular weight excluding hydrogens is 353 g/mol. The summed E-state index contributed by atoms with van der Waals surface area (Å²) < 4.78 is 1.37. The van der Waals surface area contributed by atoms with Gasteiger partial charge >= 0.3 is 0 Å². The van der Waals surface area contributed by atoms with E-state index in [4.69, 9.17) is 28.9 Å². The van der Waals surface area contributed by atoms with Gasteiger partial charge in [-0.15, -0.1) is 0 Å². The average Bonchev–Trinajstić information content (AvgIpc) is 2.93. The highest BCUT2D eigenvalue weighted by atomic mass is 35.5. The van der Waals surface area contributed by atoms with Crippen molar-refractivity contribution in [2.24, 2.45) is 5.73 Å². The van der Waals surface area contributed by atoms with Gasteiger partial charge in [-0.1, -0.05) is 29.3 Å². The van der Waals surface area contributed by atoms with Crippen LogP contribution < -0.4 is 16.6 Å². The highest BCUT2D eigenvalue weighted by Crippen LogP contribution is 2.30. The smallest absolute Gasteiger partial charge is 0.271 e. The van der Waals surface area contributed by atoms with Crippen LogP contribution in [0.1, 0.15) is 10.5 Å². The molecule has 0 saturated carbocycles. The van der Waals surface area contributed by atoms with Crippen LogP contribution in [0.2, 0.25) is 10.0 Å². The second kappa shape index (κ2) is 6.38. The number of rotatable bonds is 4. The summed E-state index contributed by atoms with van der Waals surface area (Å²) in [4.78, 5) is 25.3. The number of nitrogens with two attached hydrogens (primary N) is 1. The zero-order valence-corrected chi connectivity index (χ0v) is 13.6. The third kappa shape index (κ3) is 3.12. The van der Waals surface area contributed by atoms with E-state index in [2.05, 4.69) is 15.4 Å². The van der Waals surface area contributed by atoms with E-state index >= 15 is 0 Å². The highest BCUT2D eigenvalue weighted by Gasteiger charge is 2.18. The fraction of sp³-hybridized carbons (Fsp3) is 0. The molecule has 0 aliphatic carbocycles. The third-order valence-corrected chi connectivity index (χ3v) is 3.79. The van der Waals surface area contributed by atoms with Crippen LogP contribution in [-0.2, 0) is 0 Å². The van der Waals surface area contributed by atoms with Crippen LogP contribution in [-0.4, -0.2) is 20.7 Å². The zero-order chi connectivity index (χ0) is 17.3. The molecule has 2 aromatic heterocycles. The lowest BCUT2D eigenvalue weighted by Crippen LogP contribution is -2.14. The van der Waals surface area contributed by atoms with Gasteiger partial charge < -0.3 is 16.0 Å². The van der Waals surface area contributed by atoms with Gasteiger partial charge in [0.25, 0.3) is 5.91 Å². The molecule has 0 radical (unpaired) electrons. The molecule has 0 unspecified atom stereocenters. The summed E-state index contributed by atoms with van der Waals surface area (Å²) in [6.45, 7) is 0. The van der Waals surface area contributed by atoms with E-state index < -0.39 is 5.91 Å². The molecule has 24 heavy (non-hydrogen) atoms. The molecule has 3 rings (SSSR count). The van der Waals surface area contributed by atoms with Gasteiger partial charge in [-0.25, -0.2) is 4.68 Å². The van der Waals surface area contributed by atoms with Crippen molar-refractivity contribution >= 4 is 40.5 Å². The number of carbonyl (C=O) groups is 1. The number of pyridine rings is 1. The van der Waals surface area contributed by atoms with Crippen molar-refractivity contribution in [3.63, 3.8) is 0 Å². The summed E-state index contributed by atoms with van der Waals surface area (Å²) in [5.74, 6) is -0.719. The molecule has 0 aliphatic rings. The van der Waals surface area contributed by atoms with Crippen molar-refractivity contribution in [2.45, 2.75) is 0 Å². The molecule has 1 aromatic carbocycles. The minimum Gasteiger partial charge on any atom is -0.364 e. The number of aromatic amines is 1. The highest BCUT2D eigenvalue weighted by molar-refractivity contribution is 6.37. The molecule has 9 heteroatoms. The number of nitrogens with zero attached hydrogens (tertiary/aromatic N) is 2. The maximum absolute atomic E-state index is 11.7. The predicted molar refractivity (Wildman–Crippen MR) is 92.4 cm³/mol. The van der Waals surface area contributed by atoms with Gasteiger partial charge in [0, 0.05) is 12.3 Å². The van der Waals surface area contributed by atoms with Crippen molar-refractivity contribution < 1.29 is 4.79 Å². The van der Waals surface area contributed by atoms with E-state index in [0.717, 1.165) is 0 Å². The molecule has 1 amide bonds. The van der Waals surface area contributed by atoms with E-state index in [1.165, 1.54) is 23.1 Å². The second-order valence-electron chi connectivity index (χ2n) is 4.84. The Hall–Kier alpha value is -2.77. The van der Waals surface area contributed by atoms with Crippen LogP contribution in [0.15, 0.2) is 47.5 Å². The largest absolute Gasteiger partial charge is 0.364 e. The normalized spacial score (nSPS) is 10.6. The Morgan fingerprint density at radius 3 is 2.50 bits per heavy atom. The number of hydrogen-bond acceptors (Lipinski definition) is 4. The summed E-state index contributed by atoms with van der Waals surface area (Å²) in [6, 6.07) is 7.92. The molecule has 3 aromatic rings. The summed E-state index contributed by atoms with van der Waals surface area (Å²) >= 11 is 12.3. The van der Waals surface area contributed by atoms with Crippen LogP contribution >= 0.6 is 23.2 Å². The molecular formula is C15H11Cl2N5O2. The molecule has 0 fully saturated rings. The van der Waals surface area contributed by atoms with E-state index in [1.807, 2.05) is 0 Å². The van der Waals surface area contributed by atoms with Crippen molar-refractivity contribution in [3.8, 4) is 5.69 Å². The minimum absolute atomic E-state index is 0.0113. The summed E-state index contributed by atoms with van der Waals surface area (Å²) in [7, 11) is 0. The van der Waals surface area contributed by atoms with Crippen molar-refractivity contribution in [2.75, 3.05) is 5.32 Å². The Bertz CT molecular complexity index is 939. The molecule has 0 atom stereocenters. The van der Waals surface area contributed by atoms with E-state index in [0.29, 0.717) is 27.1 Å². The first-order chi connectivity index (χ1) is 11.5. The van der Waals surface area contributed by atoms with Gasteiger partial charge in [-0.2, -0.15) is 5.10 Å². The van der Waals surface area contributed by atoms with Gasteiger partial charge in [0.2, 0.25) is 5.56 Å². The first-order valence-electron chi connectivity index (χ1n) is 6.75. The number of H-pyrrole nitrogens is 1. The molecule has 4 N–H and O–H groups in total. The second-order valence-corrected chi connectivity index (χ2v) is 5.65. The number of nitrogens with one attached hydrogen (secondary N) is 2. The molecule has 7 nitrogen and oxygen atoms in total. The predicted octanol–water partition coefficient (Wildman–Crippen LogP) is 2.71. The SMILES string of the molecule is NC(=O)c1nn(-c2c(Cl)cccc2Cl)cc1Nc1ccc(=O)[nH]c1. The Morgan fingerprint density at radius 2 is 1.92 bits per heavy atom. The number of amides is 1. The third-order valence-electron chi connectivity index (χ3n) is 3.18. The number of aromatic nitrogens is 3. The average molecular weight is 364 g/mol. The minimum atomic E-state index is -0.719. The van der Waals surface area contributed by atoms with Gasteiger partial charge in [-0.05, 0) is 18.2 Å². The number of carbonyl (C=O) groups excluding carboxylic acids is 1. The standard InChI is InChI=1S/C15H11Cl2N5O2/c16-9-2-1-3-10(17)14(9)22-7-11(13(21-22)15(18)24)20-8-4-5-12(23)19-6-8/h1-7,20H,(H2,18,24)(H,19,23). The Kier molecular flexibility index (Phi) is 4.28. The number of hydrogen-bond donors (Lipinski definition) is 3. The van der Waals surface area contributed by atoms with E-state index in [1.54, 1.807) is 24.3 Å². The van der Waals surface area contributed by atoms with Crippen molar-refractivity contribution in [1.29, 1.82) is 0 Å². The Balaban J connectivity index is 2.07. The molecule has 0 saturated heterocycles. The first-order valence-corrected chi connectivity index (χ1v) is 7.51. The monoisotopic (exact) mass is 363 g/mol. The zero-order valence-electron chi connectivity index (χ0n) is 12.1. The van der Waals surface area contributed by atoms with Gasteiger partial charge in [-0.3, -0.25) is 9.59 Å². The fourth-order valence-electron chi connectivity index (χ4n) is 2.11. The lowest BCUT2D eigenvalue weighted by atomic mass is 10.3. The molecule has 0 bridgehead atoms. The summed E-state index contributed by atoms with van der Waals surface area (Å²) in [5, 5.41) is 7.87. The van der Waals surface area contributed by atoms with E-state index in [-0.39, 0.29) is 11.3 Å². The summed E-state index contributed by atoms with van der Waals surface area (Å²) in [5.41, 5.74) is 6.49. The molecule has 0 aliphatic heterocycles. The maximum atomic E-state index is 11.7. The Labute approximate surface area is 146 Å². The van der Waals surface area contributed by atoms with E-state index in [9.17, 15) is 9.59 Å². The fourth-order valence-corrected chi connectivity index (χ4v) is 2.68. The molecule has 122 valence electrons. The van der Waals surface area contributed by atoms with Crippen molar-refractivity contribution in [3.05, 3.63) is 68.8 Å². The van der Waals surface area contributed by atoms with Crippen LogP contribution in [0.25, 0.3) is 5.69 Å². The van der Waals surface area contributed by atoms with Gasteiger partial charge in [0.1, 0.15) is 5.69 Å². The Morgan fingerprint density at radius 1 is 1.21 bits per heavy atom. The van der Waals surface area contributed by atoms with Crippen LogP contribution in [0.5, 0.6) is 0 Å². The van der Waals surface area contributed by atoms with Crippen LogP contribution in [0, 0.1) is 0 Å². The molecule has 0 spiro atoms. The number of primary amides is 1. The van der Waals surface area contributed by atoms with Crippen LogP contribution in [0.4, 0.5) is 11.4 Å². The quantitative estimate of drug-likeness (QED) is 0.662. The lowest BCUT2D eigenvalue weighted by Gasteiger charge is -2.06. The molecule has 2 heterocycles. The number of benzene rings is 1. The van der Waals surface area contributed by atoms with Crippen molar-refractivity contribution in [1.82, 2.24) is 14.8 Å². The lowest BCUT2D eigenvalue weighted by molar-refractivity contribution is 0.0996. The van der Waals surface area contributed by atoms with Gasteiger partial charge in [0.05, 0.1) is 27.6 Å².